The minimum atomic E-state index is -4.15. The van der Waals surface area contributed by atoms with Crippen LogP contribution in [0.15, 0.2) is 18.3 Å². The smallest absolute Gasteiger partial charge is 0.401 e. The second-order valence-electron chi connectivity index (χ2n) is 4.16. The summed E-state index contributed by atoms with van der Waals surface area (Å²) >= 11 is 0. The Labute approximate surface area is 103 Å². The Bertz CT molecular complexity index is 405. The van der Waals surface area contributed by atoms with Crippen LogP contribution in [0.1, 0.15) is 0 Å². The van der Waals surface area contributed by atoms with Crippen molar-refractivity contribution in [2.24, 2.45) is 0 Å². The molecule has 100 valence electrons. The monoisotopic (exact) mass is 261 g/mol. The molecular weight excluding hydrogens is 247 g/mol. The molecule has 1 aliphatic rings. The highest BCUT2D eigenvalue weighted by atomic mass is 19.4. The van der Waals surface area contributed by atoms with Crippen LogP contribution in [-0.2, 0) is 0 Å². The fourth-order valence-electron chi connectivity index (χ4n) is 1.81. The summed E-state index contributed by atoms with van der Waals surface area (Å²) in [6, 6.07) is 3.56. The van der Waals surface area contributed by atoms with Crippen LogP contribution >= 0.6 is 0 Å². The van der Waals surface area contributed by atoms with E-state index in [-0.39, 0.29) is 19.2 Å². The van der Waals surface area contributed by atoms with Crippen LogP contribution in [-0.4, -0.2) is 48.8 Å². The fraction of sp³-hybridized carbons (Fsp3) is 0.545. The molecule has 1 saturated heterocycles. The van der Waals surface area contributed by atoms with Crippen molar-refractivity contribution < 1.29 is 17.9 Å². The topological polar surface area (TPSA) is 37.4 Å². The van der Waals surface area contributed by atoms with Crippen LogP contribution in [0.4, 0.5) is 18.9 Å². The summed E-state index contributed by atoms with van der Waals surface area (Å²) in [5.74, 6) is 0.427. The van der Waals surface area contributed by atoms with E-state index in [9.17, 15) is 13.2 Å². The van der Waals surface area contributed by atoms with Gasteiger partial charge in [-0.2, -0.15) is 13.2 Å². The molecule has 0 unspecified atom stereocenters. The van der Waals surface area contributed by atoms with Crippen molar-refractivity contribution in [3.8, 4) is 5.88 Å². The highest BCUT2D eigenvalue weighted by molar-refractivity contribution is 5.51. The van der Waals surface area contributed by atoms with Gasteiger partial charge in [-0.05, 0) is 12.1 Å². The third-order valence-electron chi connectivity index (χ3n) is 2.65. The Kier molecular flexibility index (Phi) is 3.60. The minimum absolute atomic E-state index is 0.227. The first-order valence-corrected chi connectivity index (χ1v) is 5.56. The number of likely N-dealkylation sites (tertiary alicyclic amines) is 1. The van der Waals surface area contributed by atoms with Gasteiger partial charge in [0.15, 0.2) is 0 Å². The van der Waals surface area contributed by atoms with E-state index in [1.165, 1.54) is 4.90 Å². The maximum absolute atomic E-state index is 12.1. The van der Waals surface area contributed by atoms with Crippen molar-refractivity contribution in [1.82, 2.24) is 9.88 Å². The predicted molar refractivity (Wildman–Crippen MR) is 60.7 cm³/mol. The van der Waals surface area contributed by atoms with Crippen LogP contribution in [0, 0.1) is 0 Å². The van der Waals surface area contributed by atoms with E-state index in [1.807, 2.05) is 0 Å². The van der Waals surface area contributed by atoms with E-state index in [0.29, 0.717) is 5.88 Å². The van der Waals surface area contributed by atoms with Gasteiger partial charge in [-0.25, -0.2) is 4.98 Å². The van der Waals surface area contributed by atoms with Gasteiger partial charge in [0.1, 0.15) is 6.10 Å². The Balaban J connectivity index is 1.83. The molecule has 0 bridgehead atoms. The molecule has 2 rings (SSSR count). The van der Waals surface area contributed by atoms with Crippen molar-refractivity contribution in [3.63, 3.8) is 0 Å². The Morgan fingerprint density at radius 1 is 1.50 bits per heavy atom. The van der Waals surface area contributed by atoms with E-state index in [1.54, 1.807) is 25.4 Å². The highest BCUT2D eigenvalue weighted by Crippen LogP contribution is 2.25. The average molecular weight is 261 g/mol. The number of hydrogen-bond acceptors (Lipinski definition) is 4. The van der Waals surface area contributed by atoms with Crippen LogP contribution in [0.2, 0.25) is 0 Å². The van der Waals surface area contributed by atoms with Crippen LogP contribution in [0.25, 0.3) is 0 Å². The molecule has 0 aliphatic carbocycles. The maximum Gasteiger partial charge on any atom is 0.401 e. The summed E-state index contributed by atoms with van der Waals surface area (Å²) < 4.78 is 41.8. The molecule has 1 N–H and O–H groups in total. The van der Waals surface area contributed by atoms with E-state index in [2.05, 4.69) is 10.3 Å². The standard InChI is InChI=1S/C11H14F3N3O/c1-15-9-3-2-4-16-10(9)18-8-5-17(6-8)7-11(12,13)14/h2-4,8,15H,5-7H2,1H3. The van der Waals surface area contributed by atoms with Gasteiger partial charge in [-0.15, -0.1) is 0 Å². The van der Waals surface area contributed by atoms with Crippen molar-refractivity contribution in [1.29, 1.82) is 0 Å². The maximum atomic E-state index is 12.1. The second-order valence-corrected chi connectivity index (χ2v) is 4.16. The number of rotatable bonds is 4. The molecular formula is C11H14F3N3O. The second kappa shape index (κ2) is 5.01. The predicted octanol–water partition coefficient (Wildman–Crippen LogP) is 1.75. The van der Waals surface area contributed by atoms with Crippen LogP contribution in [0.3, 0.4) is 0 Å². The van der Waals surface area contributed by atoms with Gasteiger partial charge in [0.05, 0.1) is 12.2 Å². The number of nitrogens with one attached hydrogen (secondary N) is 1. The highest BCUT2D eigenvalue weighted by Gasteiger charge is 2.38. The zero-order chi connectivity index (χ0) is 13.2. The van der Waals surface area contributed by atoms with Gasteiger partial charge in [0.2, 0.25) is 5.88 Å². The summed E-state index contributed by atoms with van der Waals surface area (Å²) in [5, 5.41) is 2.92. The first-order chi connectivity index (χ1) is 8.48. The number of hydrogen-bond donors (Lipinski definition) is 1. The van der Waals surface area contributed by atoms with Crippen LogP contribution < -0.4 is 10.1 Å². The molecule has 1 fully saturated rings. The Morgan fingerprint density at radius 2 is 2.22 bits per heavy atom. The quantitative estimate of drug-likeness (QED) is 0.896. The molecule has 1 aliphatic heterocycles. The third kappa shape index (κ3) is 3.25. The van der Waals surface area contributed by atoms with Crippen molar-refractivity contribution >= 4 is 5.69 Å². The third-order valence-corrected chi connectivity index (χ3v) is 2.65. The van der Waals surface area contributed by atoms with Gasteiger partial charge in [-0.1, -0.05) is 0 Å². The number of ether oxygens (including phenoxy) is 1. The molecule has 4 nitrogen and oxygen atoms in total. The Morgan fingerprint density at radius 3 is 2.83 bits per heavy atom. The van der Waals surface area contributed by atoms with Crippen molar-refractivity contribution in [2.75, 3.05) is 32.0 Å². The lowest BCUT2D eigenvalue weighted by molar-refractivity contribution is -0.162. The molecule has 18 heavy (non-hydrogen) atoms. The number of alkyl halides is 3. The number of aromatic nitrogens is 1. The van der Waals surface area contributed by atoms with Gasteiger partial charge in [0, 0.05) is 26.3 Å². The number of nitrogens with zero attached hydrogens (tertiary/aromatic N) is 2. The zero-order valence-corrected chi connectivity index (χ0v) is 9.87. The molecule has 0 aromatic carbocycles. The summed E-state index contributed by atoms with van der Waals surface area (Å²) in [6.45, 7) is -0.327. The molecule has 7 heteroatoms. The molecule has 0 radical (unpaired) electrons. The number of anilines is 1. The molecule has 0 atom stereocenters. The lowest BCUT2D eigenvalue weighted by Gasteiger charge is -2.39. The number of pyridine rings is 1. The summed E-state index contributed by atoms with van der Waals surface area (Å²) in [6.07, 6.45) is -2.79. The zero-order valence-electron chi connectivity index (χ0n) is 9.87. The molecule has 1 aromatic heterocycles. The van der Waals surface area contributed by atoms with E-state index in [4.69, 9.17) is 4.74 Å². The molecule has 0 spiro atoms. The molecule has 0 saturated carbocycles. The first kappa shape index (κ1) is 12.9. The average Bonchev–Trinajstić information content (AvgIpc) is 2.25. The van der Waals surface area contributed by atoms with Crippen molar-refractivity contribution in [2.45, 2.75) is 12.3 Å². The SMILES string of the molecule is CNc1cccnc1OC1CN(CC(F)(F)F)C1. The first-order valence-electron chi connectivity index (χ1n) is 5.56. The summed E-state index contributed by atoms with van der Waals surface area (Å²) in [4.78, 5) is 5.34. The molecule has 2 heterocycles. The van der Waals surface area contributed by atoms with Crippen LogP contribution in [0.5, 0.6) is 5.88 Å². The number of halogens is 3. The lowest BCUT2D eigenvalue weighted by atomic mass is 10.1. The van der Waals surface area contributed by atoms with E-state index < -0.39 is 12.7 Å². The molecule has 0 amide bonds. The van der Waals surface area contributed by atoms with Gasteiger partial charge in [0.25, 0.3) is 0 Å². The lowest BCUT2D eigenvalue weighted by Crippen LogP contribution is -2.56. The fourth-order valence-corrected chi connectivity index (χ4v) is 1.81. The Hall–Kier alpha value is -1.50. The summed E-state index contributed by atoms with van der Waals surface area (Å²) in [7, 11) is 1.74. The van der Waals surface area contributed by atoms with Crippen molar-refractivity contribution in [3.05, 3.63) is 18.3 Å². The minimum Gasteiger partial charge on any atom is -0.470 e. The largest absolute Gasteiger partial charge is 0.470 e. The van der Waals surface area contributed by atoms with Gasteiger partial charge in [-0.3, -0.25) is 4.90 Å². The van der Waals surface area contributed by atoms with Gasteiger partial charge < -0.3 is 10.1 Å². The van der Waals surface area contributed by atoms with Gasteiger partial charge >= 0.3 is 6.18 Å². The summed E-state index contributed by atoms with van der Waals surface area (Å²) in [5.41, 5.74) is 0.728. The molecule has 1 aromatic rings. The van der Waals surface area contributed by atoms with E-state index in [0.717, 1.165) is 5.69 Å². The normalized spacial score (nSPS) is 17.3. The van der Waals surface area contributed by atoms with E-state index >= 15 is 0 Å².